The number of carbonyl (C=O) groups excluding carboxylic acids is 2. The van der Waals surface area contributed by atoms with Gasteiger partial charge in [0.2, 0.25) is 5.91 Å². The Hall–Kier alpha value is -2.76. The van der Waals surface area contributed by atoms with Crippen LogP contribution >= 0.6 is 0 Å². The summed E-state index contributed by atoms with van der Waals surface area (Å²) in [6, 6.07) is 9.06. The predicted octanol–water partition coefficient (Wildman–Crippen LogP) is 1.54. The second-order valence-electron chi connectivity index (χ2n) is 5.47. The van der Waals surface area contributed by atoms with Gasteiger partial charge in [-0.3, -0.25) is 9.59 Å². The average molecular weight is 310 g/mol. The number of amides is 2. The maximum absolute atomic E-state index is 12.2. The van der Waals surface area contributed by atoms with Gasteiger partial charge in [-0.25, -0.2) is 9.97 Å². The van der Waals surface area contributed by atoms with Gasteiger partial charge in [0.05, 0.1) is 5.56 Å². The Kier molecular flexibility index (Phi) is 4.61. The van der Waals surface area contributed by atoms with Crippen LogP contribution in [0.25, 0.3) is 11.4 Å². The molecule has 0 unspecified atom stereocenters. The summed E-state index contributed by atoms with van der Waals surface area (Å²) in [5.74, 6) is 0.110. The van der Waals surface area contributed by atoms with Gasteiger partial charge in [0.15, 0.2) is 5.82 Å². The van der Waals surface area contributed by atoms with Crippen molar-refractivity contribution in [2.24, 2.45) is 0 Å². The molecule has 0 radical (unpaired) electrons. The van der Waals surface area contributed by atoms with E-state index in [1.807, 2.05) is 30.3 Å². The van der Waals surface area contributed by atoms with Gasteiger partial charge in [-0.2, -0.15) is 0 Å². The van der Waals surface area contributed by atoms with Crippen molar-refractivity contribution in [3.63, 3.8) is 0 Å². The van der Waals surface area contributed by atoms with Gasteiger partial charge in [0.1, 0.15) is 6.04 Å². The standard InChI is InChI=1S/C17H18N4O2/c22-16(21-14-8-4-5-9-18-17(14)23)13-10-19-15(20-11-13)12-6-2-1-3-7-12/h1-3,6-7,10-11,14H,4-5,8-9H2,(H,18,23)(H,21,22)/t14-/m0/s1. The van der Waals surface area contributed by atoms with Gasteiger partial charge in [0, 0.05) is 24.5 Å². The van der Waals surface area contributed by atoms with Crippen molar-refractivity contribution in [3.05, 3.63) is 48.3 Å². The highest BCUT2D eigenvalue weighted by Gasteiger charge is 2.23. The van der Waals surface area contributed by atoms with Crippen LogP contribution in [0, 0.1) is 0 Å². The maximum atomic E-state index is 12.2. The Labute approximate surface area is 134 Å². The van der Waals surface area contributed by atoms with E-state index in [2.05, 4.69) is 20.6 Å². The second-order valence-corrected chi connectivity index (χ2v) is 5.47. The highest BCUT2D eigenvalue weighted by atomic mass is 16.2. The highest BCUT2D eigenvalue weighted by Crippen LogP contribution is 2.13. The van der Waals surface area contributed by atoms with E-state index in [9.17, 15) is 9.59 Å². The lowest BCUT2D eigenvalue weighted by Crippen LogP contribution is -2.45. The first-order valence-electron chi connectivity index (χ1n) is 7.70. The van der Waals surface area contributed by atoms with Gasteiger partial charge in [-0.05, 0) is 19.3 Å². The van der Waals surface area contributed by atoms with Crippen molar-refractivity contribution >= 4 is 11.8 Å². The number of benzene rings is 1. The summed E-state index contributed by atoms with van der Waals surface area (Å²) in [5.41, 5.74) is 1.24. The quantitative estimate of drug-likeness (QED) is 0.901. The summed E-state index contributed by atoms with van der Waals surface area (Å²) in [6.07, 6.45) is 5.47. The summed E-state index contributed by atoms with van der Waals surface area (Å²) in [6.45, 7) is 0.667. The molecular weight excluding hydrogens is 292 g/mol. The largest absolute Gasteiger partial charge is 0.354 e. The van der Waals surface area contributed by atoms with Gasteiger partial charge in [-0.1, -0.05) is 30.3 Å². The van der Waals surface area contributed by atoms with E-state index in [-0.39, 0.29) is 11.8 Å². The Morgan fingerprint density at radius 2 is 1.87 bits per heavy atom. The molecule has 118 valence electrons. The molecule has 1 aromatic carbocycles. The van der Waals surface area contributed by atoms with Crippen LogP contribution < -0.4 is 10.6 Å². The topological polar surface area (TPSA) is 84.0 Å². The third kappa shape index (κ3) is 3.71. The molecule has 1 aliphatic heterocycles. The van der Waals surface area contributed by atoms with Crippen molar-refractivity contribution in [1.29, 1.82) is 0 Å². The van der Waals surface area contributed by atoms with Gasteiger partial charge < -0.3 is 10.6 Å². The van der Waals surface area contributed by atoms with E-state index in [4.69, 9.17) is 0 Å². The molecule has 2 amide bonds. The Bertz CT molecular complexity index is 685. The normalized spacial score (nSPS) is 17.9. The van der Waals surface area contributed by atoms with E-state index in [0.717, 1.165) is 18.4 Å². The van der Waals surface area contributed by atoms with Crippen molar-refractivity contribution in [2.75, 3.05) is 6.54 Å². The summed E-state index contributed by atoms with van der Waals surface area (Å²) in [7, 11) is 0. The van der Waals surface area contributed by atoms with E-state index >= 15 is 0 Å². The van der Waals surface area contributed by atoms with Crippen LogP contribution in [0.15, 0.2) is 42.7 Å². The first-order chi connectivity index (χ1) is 11.2. The van der Waals surface area contributed by atoms with Crippen LogP contribution in [0.2, 0.25) is 0 Å². The molecule has 2 heterocycles. The zero-order valence-corrected chi connectivity index (χ0v) is 12.7. The number of aromatic nitrogens is 2. The minimum Gasteiger partial charge on any atom is -0.354 e. The van der Waals surface area contributed by atoms with Crippen LogP contribution in [0.5, 0.6) is 0 Å². The minimum absolute atomic E-state index is 0.127. The summed E-state index contributed by atoms with van der Waals surface area (Å²) >= 11 is 0. The Morgan fingerprint density at radius 3 is 2.61 bits per heavy atom. The molecule has 1 fully saturated rings. The fourth-order valence-corrected chi connectivity index (χ4v) is 2.50. The van der Waals surface area contributed by atoms with E-state index in [1.54, 1.807) is 0 Å². The molecule has 0 spiro atoms. The van der Waals surface area contributed by atoms with E-state index in [1.165, 1.54) is 12.4 Å². The lowest BCUT2D eigenvalue weighted by Gasteiger charge is -2.14. The summed E-state index contributed by atoms with van der Waals surface area (Å²) in [5, 5.41) is 5.55. The van der Waals surface area contributed by atoms with Gasteiger partial charge in [-0.15, -0.1) is 0 Å². The van der Waals surface area contributed by atoms with Crippen molar-refractivity contribution in [3.8, 4) is 11.4 Å². The highest BCUT2D eigenvalue weighted by molar-refractivity contribution is 5.97. The van der Waals surface area contributed by atoms with E-state index < -0.39 is 6.04 Å². The fourth-order valence-electron chi connectivity index (χ4n) is 2.50. The summed E-state index contributed by atoms with van der Waals surface area (Å²) < 4.78 is 0. The van der Waals surface area contributed by atoms with Crippen LogP contribution in [-0.4, -0.2) is 34.4 Å². The predicted molar refractivity (Wildman–Crippen MR) is 85.6 cm³/mol. The van der Waals surface area contributed by atoms with Crippen LogP contribution in [0.3, 0.4) is 0 Å². The molecule has 1 aromatic heterocycles. The number of nitrogens with zero attached hydrogens (tertiary/aromatic N) is 2. The van der Waals surface area contributed by atoms with Crippen LogP contribution in [0.4, 0.5) is 0 Å². The molecule has 0 saturated carbocycles. The molecule has 0 bridgehead atoms. The molecule has 3 rings (SSSR count). The molecule has 1 atom stereocenters. The number of hydrogen-bond donors (Lipinski definition) is 2. The van der Waals surface area contributed by atoms with Gasteiger partial charge in [0.25, 0.3) is 5.91 Å². The molecule has 2 N–H and O–H groups in total. The zero-order chi connectivity index (χ0) is 16.1. The van der Waals surface area contributed by atoms with Gasteiger partial charge >= 0.3 is 0 Å². The van der Waals surface area contributed by atoms with Crippen LogP contribution in [-0.2, 0) is 4.79 Å². The average Bonchev–Trinajstić information content (AvgIpc) is 2.80. The molecule has 6 heteroatoms. The molecular formula is C17H18N4O2. The van der Waals surface area contributed by atoms with Crippen LogP contribution in [0.1, 0.15) is 29.6 Å². The minimum atomic E-state index is -0.487. The Morgan fingerprint density at radius 1 is 1.13 bits per heavy atom. The van der Waals surface area contributed by atoms with Crippen molar-refractivity contribution in [2.45, 2.75) is 25.3 Å². The number of nitrogens with one attached hydrogen (secondary N) is 2. The lowest BCUT2D eigenvalue weighted by molar-refractivity contribution is -0.122. The second kappa shape index (κ2) is 7.00. The Balaban J connectivity index is 1.69. The third-order valence-electron chi connectivity index (χ3n) is 3.79. The first-order valence-corrected chi connectivity index (χ1v) is 7.70. The first kappa shape index (κ1) is 15.1. The molecule has 23 heavy (non-hydrogen) atoms. The molecule has 6 nitrogen and oxygen atoms in total. The molecule has 2 aromatic rings. The lowest BCUT2D eigenvalue weighted by atomic mass is 10.1. The maximum Gasteiger partial charge on any atom is 0.255 e. The third-order valence-corrected chi connectivity index (χ3v) is 3.79. The van der Waals surface area contributed by atoms with Crippen molar-refractivity contribution in [1.82, 2.24) is 20.6 Å². The number of carbonyl (C=O) groups is 2. The zero-order valence-electron chi connectivity index (χ0n) is 12.7. The van der Waals surface area contributed by atoms with E-state index in [0.29, 0.717) is 24.4 Å². The molecule has 0 aliphatic carbocycles. The SMILES string of the molecule is O=C(N[C@H]1CCCCNC1=O)c1cnc(-c2ccccc2)nc1. The summed E-state index contributed by atoms with van der Waals surface area (Å²) in [4.78, 5) is 32.6. The number of rotatable bonds is 3. The number of hydrogen-bond acceptors (Lipinski definition) is 4. The molecule has 1 saturated heterocycles. The fraction of sp³-hybridized carbons (Fsp3) is 0.294. The van der Waals surface area contributed by atoms with Crippen molar-refractivity contribution < 1.29 is 9.59 Å². The smallest absolute Gasteiger partial charge is 0.255 e. The molecule has 1 aliphatic rings. The monoisotopic (exact) mass is 310 g/mol.